The van der Waals surface area contributed by atoms with E-state index in [9.17, 15) is 4.79 Å². The zero-order valence-corrected chi connectivity index (χ0v) is 9.03. The molecule has 1 rings (SSSR count). The smallest absolute Gasteiger partial charge is 0.302 e. The summed E-state index contributed by atoms with van der Waals surface area (Å²) in [7, 11) is 0. The molecule has 3 heteroatoms. The first kappa shape index (κ1) is 11.7. The molecule has 3 nitrogen and oxygen atoms in total. The number of hydrogen-bond acceptors (Lipinski definition) is 3. The molecule has 0 saturated carbocycles. The van der Waals surface area contributed by atoms with Crippen LogP contribution in [0.4, 0.5) is 0 Å². The Hall–Kier alpha value is -1.35. The molecular weight excluding hydrogens is 190 g/mol. The Labute approximate surface area is 90.4 Å². The monoisotopic (exact) mass is 207 g/mol. The normalized spacial score (nSPS) is 9.93. The van der Waals surface area contributed by atoms with Crippen molar-refractivity contribution in [2.45, 2.75) is 19.9 Å². The van der Waals surface area contributed by atoms with Gasteiger partial charge < -0.3 is 10.1 Å². The SMILES string of the molecule is CC(=O)OCCCNCc1ccccc1. The second-order valence-electron chi connectivity index (χ2n) is 3.36. The molecule has 1 aromatic carbocycles. The van der Waals surface area contributed by atoms with E-state index in [4.69, 9.17) is 4.74 Å². The van der Waals surface area contributed by atoms with E-state index in [2.05, 4.69) is 17.4 Å². The van der Waals surface area contributed by atoms with Crippen molar-refractivity contribution < 1.29 is 9.53 Å². The fraction of sp³-hybridized carbons (Fsp3) is 0.417. The predicted octanol–water partition coefficient (Wildman–Crippen LogP) is 1.73. The van der Waals surface area contributed by atoms with Crippen molar-refractivity contribution >= 4 is 5.97 Å². The van der Waals surface area contributed by atoms with Crippen LogP contribution in [0.1, 0.15) is 18.9 Å². The van der Waals surface area contributed by atoms with E-state index in [0.29, 0.717) is 6.61 Å². The van der Waals surface area contributed by atoms with Crippen LogP contribution in [0.3, 0.4) is 0 Å². The minimum atomic E-state index is -0.210. The second-order valence-corrected chi connectivity index (χ2v) is 3.36. The molecule has 0 radical (unpaired) electrons. The topological polar surface area (TPSA) is 38.3 Å². The summed E-state index contributed by atoms with van der Waals surface area (Å²) >= 11 is 0. The van der Waals surface area contributed by atoms with Gasteiger partial charge in [0.1, 0.15) is 0 Å². The maximum Gasteiger partial charge on any atom is 0.302 e. The Bertz CT molecular complexity index is 285. The number of carbonyl (C=O) groups is 1. The fourth-order valence-electron chi connectivity index (χ4n) is 1.24. The fourth-order valence-corrected chi connectivity index (χ4v) is 1.24. The molecule has 0 unspecified atom stereocenters. The summed E-state index contributed by atoms with van der Waals surface area (Å²) in [6.45, 7) is 3.65. The van der Waals surface area contributed by atoms with Gasteiger partial charge in [0.25, 0.3) is 0 Å². The van der Waals surface area contributed by atoms with Crippen molar-refractivity contribution in [2.24, 2.45) is 0 Å². The van der Waals surface area contributed by atoms with Gasteiger partial charge in [0.15, 0.2) is 0 Å². The predicted molar refractivity (Wildman–Crippen MR) is 59.4 cm³/mol. The lowest BCUT2D eigenvalue weighted by Crippen LogP contribution is -2.16. The number of ether oxygens (including phenoxy) is 1. The molecule has 0 atom stereocenters. The van der Waals surface area contributed by atoms with E-state index in [0.717, 1.165) is 19.5 Å². The van der Waals surface area contributed by atoms with Crippen molar-refractivity contribution in [2.75, 3.05) is 13.2 Å². The number of nitrogens with one attached hydrogen (secondary N) is 1. The lowest BCUT2D eigenvalue weighted by Gasteiger charge is -2.04. The molecule has 0 aliphatic heterocycles. The Morgan fingerprint density at radius 2 is 2.07 bits per heavy atom. The van der Waals surface area contributed by atoms with E-state index < -0.39 is 0 Å². The van der Waals surface area contributed by atoms with Crippen molar-refractivity contribution in [3.63, 3.8) is 0 Å². The van der Waals surface area contributed by atoms with E-state index in [1.807, 2.05) is 18.2 Å². The zero-order valence-electron chi connectivity index (χ0n) is 9.03. The second kappa shape index (κ2) is 7.01. The summed E-state index contributed by atoms with van der Waals surface area (Å²) in [5.41, 5.74) is 1.27. The van der Waals surface area contributed by atoms with Gasteiger partial charge in [-0.25, -0.2) is 0 Å². The van der Waals surface area contributed by atoms with Crippen LogP contribution in [0.15, 0.2) is 30.3 Å². The van der Waals surface area contributed by atoms with Gasteiger partial charge in [0, 0.05) is 13.5 Å². The Morgan fingerprint density at radius 1 is 1.33 bits per heavy atom. The van der Waals surface area contributed by atoms with Crippen molar-refractivity contribution in [3.8, 4) is 0 Å². The Morgan fingerprint density at radius 3 is 2.73 bits per heavy atom. The third-order valence-corrected chi connectivity index (χ3v) is 1.98. The highest BCUT2D eigenvalue weighted by atomic mass is 16.5. The van der Waals surface area contributed by atoms with Crippen LogP contribution in [0.25, 0.3) is 0 Å². The van der Waals surface area contributed by atoms with Gasteiger partial charge in [-0.3, -0.25) is 4.79 Å². The summed E-state index contributed by atoms with van der Waals surface area (Å²) in [6.07, 6.45) is 0.854. The molecule has 0 spiro atoms. The van der Waals surface area contributed by atoms with Crippen LogP contribution in [-0.2, 0) is 16.1 Å². The molecule has 0 bridgehead atoms. The molecule has 0 aromatic heterocycles. The highest BCUT2D eigenvalue weighted by Crippen LogP contribution is 1.96. The van der Waals surface area contributed by atoms with Gasteiger partial charge in [0.2, 0.25) is 0 Å². The van der Waals surface area contributed by atoms with Crippen molar-refractivity contribution in [1.29, 1.82) is 0 Å². The molecule has 82 valence electrons. The van der Waals surface area contributed by atoms with Crippen LogP contribution in [-0.4, -0.2) is 19.1 Å². The molecule has 0 amide bonds. The maximum absolute atomic E-state index is 10.5. The van der Waals surface area contributed by atoms with E-state index in [-0.39, 0.29) is 5.97 Å². The van der Waals surface area contributed by atoms with Crippen LogP contribution in [0.2, 0.25) is 0 Å². The van der Waals surface area contributed by atoms with Gasteiger partial charge in [-0.15, -0.1) is 0 Å². The molecule has 0 heterocycles. The number of rotatable bonds is 6. The minimum absolute atomic E-state index is 0.210. The number of benzene rings is 1. The standard InChI is InChI=1S/C12H17NO2/c1-11(14)15-9-5-8-13-10-12-6-3-2-4-7-12/h2-4,6-7,13H,5,8-10H2,1H3. The lowest BCUT2D eigenvalue weighted by molar-refractivity contribution is -0.141. The zero-order chi connectivity index (χ0) is 10.9. The molecule has 0 saturated heterocycles. The van der Waals surface area contributed by atoms with Crippen LogP contribution in [0.5, 0.6) is 0 Å². The number of hydrogen-bond donors (Lipinski definition) is 1. The Kier molecular flexibility index (Phi) is 5.48. The summed E-state index contributed by atoms with van der Waals surface area (Å²) in [6, 6.07) is 10.2. The van der Waals surface area contributed by atoms with Crippen molar-refractivity contribution in [3.05, 3.63) is 35.9 Å². The maximum atomic E-state index is 10.5. The largest absolute Gasteiger partial charge is 0.466 e. The van der Waals surface area contributed by atoms with Gasteiger partial charge >= 0.3 is 5.97 Å². The highest BCUT2D eigenvalue weighted by Gasteiger charge is 1.93. The average molecular weight is 207 g/mol. The van der Waals surface area contributed by atoms with Gasteiger partial charge in [-0.05, 0) is 18.5 Å². The summed E-state index contributed by atoms with van der Waals surface area (Å²) in [4.78, 5) is 10.5. The van der Waals surface area contributed by atoms with Crippen LogP contribution < -0.4 is 5.32 Å². The first-order valence-electron chi connectivity index (χ1n) is 5.17. The molecule has 0 fully saturated rings. The van der Waals surface area contributed by atoms with Crippen LogP contribution >= 0.6 is 0 Å². The summed E-state index contributed by atoms with van der Waals surface area (Å²) < 4.78 is 4.82. The average Bonchev–Trinajstić information content (AvgIpc) is 2.24. The van der Waals surface area contributed by atoms with E-state index in [1.54, 1.807) is 0 Å². The third kappa shape index (κ3) is 5.86. The first-order chi connectivity index (χ1) is 7.29. The van der Waals surface area contributed by atoms with Gasteiger partial charge in [0.05, 0.1) is 6.61 Å². The Balaban J connectivity index is 2.00. The molecular formula is C12H17NO2. The molecule has 0 aliphatic carbocycles. The quantitative estimate of drug-likeness (QED) is 0.570. The summed E-state index contributed by atoms with van der Waals surface area (Å²) in [5, 5.41) is 3.28. The number of carbonyl (C=O) groups excluding carboxylic acids is 1. The van der Waals surface area contributed by atoms with Gasteiger partial charge in [-0.2, -0.15) is 0 Å². The molecule has 0 aliphatic rings. The van der Waals surface area contributed by atoms with Gasteiger partial charge in [-0.1, -0.05) is 30.3 Å². The minimum Gasteiger partial charge on any atom is -0.466 e. The first-order valence-corrected chi connectivity index (χ1v) is 5.17. The molecule has 1 aromatic rings. The van der Waals surface area contributed by atoms with E-state index >= 15 is 0 Å². The van der Waals surface area contributed by atoms with E-state index in [1.165, 1.54) is 12.5 Å². The molecule has 1 N–H and O–H groups in total. The third-order valence-electron chi connectivity index (χ3n) is 1.98. The molecule has 15 heavy (non-hydrogen) atoms. The highest BCUT2D eigenvalue weighted by molar-refractivity contribution is 5.65. The van der Waals surface area contributed by atoms with Crippen molar-refractivity contribution in [1.82, 2.24) is 5.32 Å². The summed E-state index contributed by atoms with van der Waals surface area (Å²) in [5.74, 6) is -0.210. The van der Waals surface area contributed by atoms with Crippen LogP contribution in [0, 0.1) is 0 Å². The number of esters is 1. The lowest BCUT2D eigenvalue weighted by atomic mass is 10.2.